The van der Waals surface area contributed by atoms with Crippen molar-refractivity contribution in [2.24, 2.45) is 0 Å². The topological polar surface area (TPSA) is 38.2 Å². The van der Waals surface area contributed by atoms with E-state index in [1.807, 2.05) is 41.1 Å². The van der Waals surface area contributed by atoms with Gasteiger partial charge in [0, 0.05) is 22.4 Å². The fraction of sp³-hybridized carbons (Fsp3) is 0.300. The van der Waals surface area contributed by atoms with Crippen LogP contribution in [0.2, 0.25) is 0 Å². The molecule has 1 atom stereocenters. The number of hydrogen-bond donors (Lipinski definition) is 0. The summed E-state index contributed by atoms with van der Waals surface area (Å²) in [4.78, 5) is 11.6. The number of thiophene rings is 1. The summed E-state index contributed by atoms with van der Waals surface area (Å²) in [6.07, 6.45) is 2.39. The van der Waals surface area contributed by atoms with E-state index < -0.39 is 0 Å². The molecular weight excluding hydrogens is 330 g/mol. The van der Waals surface area contributed by atoms with Gasteiger partial charge >= 0.3 is 0 Å². The molecule has 0 aliphatic carbocycles. The van der Waals surface area contributed by atoms with Crippen molar-refractivity contribution < 1.29 is 4.74 Å². The van der Waals surface area contributed by atoms with Gasteiger partial charge in [0.1, 0.15) is 17.6 Å². The fourth-order valence-corrected chi connectivity index (χ4v) is 3.65. The Bertz CT molecular complexity index is 926. The van der Waals surface area contributed by atoms with Crippen molar-refractivity contribution >= 4 is 22.4 Å². The van der Waals surface area contributed by atoms with Gasteiger partial charge in [0.2, 0.25) is 5.88 Å². The smallest absolute Gasteiger partial charge is 0.249 e. The molecule has 0 spiro atoms. The zero-order valence-corrected chi connectivity index (χ0v) is 14.9. The lowest BCUT2D eigenvalue weighted by molar-refractivity contribution is 0.193. The van der Waals surface area contributed by atoms with Crippen LogP contribution in [0, 0.1) is 11.8 Å². The van der Waals surface area contributed by atoms with E-state index in [1.54, 1.807) is 11.3 Å². The molecule has 5 heteroatoms. The first-order chi connectivity index (χ1) is 12.3. The van der Waals surface area contributed by atoms with E-state index in [4.69, 9.17) is 4.74 Å². The summed E-state index contributed by atoms with van der Waals surface area (Å²) in [7, 11) is 2.14. The molecule has 1 saturated heterocycles. The number of likely N-dealkylation sites (tertiary alicyclic amines) is 1. The number of ether oxygens (including phenoxy) is 1. The van der Waals surface area contributed by atoms with Crippen molar-refractivity contribution in [3.63, 3.8) is 0 Å². The van der Waals surface area contributed by atoms with Crippen LogP contribution in [-0.4, -0.2) is 41.1 Å². The number of fused-ring (bicyclic) bond motifs is 1. The first-order valence-electron chi connectivity index (χ1n) is 8.43. The molecule has 0 bridgehead atoms. The second-order valence-electron chi connectivity index (χ2n) is 6.22. The van der Waals surface area contributed by atoms with Crippen LogP contribution in [0.1, 0.15) is 24.1 Å². The summed E-state index contributed by atoms with van der Waals surface area (Å²) in [6, 6.07) is 10.3. The Hall–Kier alpha value is -2.42. The standard InChI is InChI=1S/C20H19N3OS/c1-23-11-5-8-16(23)12-24-20-17(10-9-15-6-3-2-4-7-15)21-18-13-25-14-19(18)22-20/h2-4,6-7,13-14,16H,5,8,11-12H2,1H3. The Labute approximate surface area is 151 Å². The zero-order chi connectivity index (χ0) is 17.1. The molecule has 0 amide bonds. The largest absolute Gasteiger partial charge is 0.474 e. The molecule has 4 rings (SSSR count). The molecule has 0 N–H and O–H groups in total. The third kappa shape index (κ3) is 3.65. The van der Waals surface area contributed by atoms with Crippen LogP contribution in [0.15, 0.2) is 41.1 Å². The summed E-state index contributed by atoms with van der Waals surface area (Å²) < 4.78 is 6.04. The van der Waals surface area contributed by atoms with Gasteiger partial charge in [-0.25, -0.2) is 9.97 Å². The van der Waals surface area contributed by atoms with Crippen LogP contribution in [-0.2, 0) is 0 Å². The van der Waals surface area contributed by atoms with Gasteiger partial charge in [-0.15, -0.1) is 11.3 Å². The molecular formula is C20H19N3OS. The van der Waals surface area contributed by atoms with E-state index in [0.29, 0.717) is 24.2 Å². The summed E-state index contributed by atoms with van der Waals surface area (Å²) in [5.41, 5.74) is 3.30. The van der Waals surface area contributed by atoms with Gasteiger partial charge in [-0.1, -0.05) is 24.1 Å². The average Bonchev–Trinajstić information content (AvgIpc) is 3.26. The van der Waals surface area contributed by atoms with E-state index >= 15 is 0 Å². The maximum Gasteiger partial charge on any atom is 0.249 e. The molecule has 4 nitrogen and oxygen atoms in total. The number of likely N-dealkylation sites (N-methyl/N-ethyl adjacent to an activating group) is 1. The van der Waals surface area contributed by atoms with Crippen molar-refractivity contribution in [2.75, 3.05) is 20.2 Å². The van der Waals surface area contributed by atoms with Gasteiger partial charge in [-0.3, -0.25) is 0 Å². The molecule has 0 radical (unpaired) electrons. The van der Waals surface area contributed by atoms with E-state index in [1.165, 1.54) is 6.42 Å². The first kappa shape index (κ1) is 16.1. The van der Waals surface area contributed by atoms with Crippen molar-refractivity contribution in [3.05, 3.63) is 52.3 Å². The molecule has 3 aromatic rings. The lowest BCUT2D eigenvalue weighted by Gasteiger charge is -2.19. The van der Waals surface area contributed by atoms with Crippen LogP contribution in [0.25, 0.3) is 11.0 Å². The molecule has 1 unspecified atom stereocenters. The van der Waals surface area contributed by atoms with E-state index in [-0.39, 0.29) is 0 Å². The van der Waals surface area contributed by atoms with E-state index in [0.717, 1.165) is 29.6 Å². The Balaban J connectivity index is 1.63. The minimum atomic E-state index is 0.440. The number of rotatable bonds is 3. The lowest BCUT2D eigenvalue weighted by Crippen LogP contribution is -2.30. The summed E-state index contributed by atoms with van der Waals surface area (Å²) in [5, 5.41) is 3.98. The van der Waals surface area contributed by atoms with E-state index in [2.05, 4.69) is 33.8 Å². The SMILES string of the molecule is CN1CCCC1COc1nc2cscc2nc1C#Cc1ccccc1. The quantitative estimate of drug-likeness (QED) is 0.678. The predicted molar refractivity (Wildman–Crippen MR) is 101 cm³/mol. The van der Waals surface area contributed by atoms with Crippen molar-refractivity contribution in [1.29, 1.82) is 0 Å². The van der Waals surface area contributed by atoms with Crippen LogP contribution >= 0.6 is 11.3 Å². The zero-order valence-electron chi connectivity index (χ0n) is 14.1. The molecule has 0 saturated carbocycles. The minimum absolute atomic E-state index is 0.440. The normalized spacial score (nSPS) is 17.4. The highest BCUT2D eigenvalue weighted by atomic mass is 32.1. The maximum absolute atomic E-state index is 6.04. The van der Waals surface area contributed by atoms with Crippen LogP contribution in [0.5, 0.6) is 5.88 Å². The van der Waals surface area contributed by atoms with Gasteiger partial charge < -0.3 is 9.64 Å². The third-order valence-corrected chi connectivity index (χ3v) is 5.18. The number of benzene rings is 1. The fourth-order valence-electron chi connectivity index (χ4n) is 2.98. The Morgan fingerprint density at radius 2 is 1.96 bits per heavy atom. The van der Waals surface area contributed by atoms with Gasteiger partial charge in [-0.05, 0) is 44.5 Å². The number of hydrogen-bond acceptors (Lipinski definition) is 5. The highest BCUT2D eigenvalue weighted by Crippen LogP contribution is 2.23. The second-order valence-corrected chi connectivity index (χ2v) is 6.97. The number of nitrogens with zero attached hydrogens (tertiary/aromatic N) is 3. The molecule has 25 heavy (non-hydrogen) atoms. The molecule has 126 valence electrons. The van der Waals surface area contributed by atoms with Crippen molar-refractivity contribution in [2.45, 2.75) is 18.9 Å². The Kier molecular flexibility index (Phi) is 4.64. The summed E-state index contributed by atoms with van der Waals surface area (Å²) >= 11 is 1.59. The molecule has 1 aliphatic rings. The maximum atomic E-state index is 6.04. The number of aromatic nitrogens is 2. The van der Waals surface area contributed by atoms with Crippen LogP contribution < -0.4 is 4.74 Å². The molecule has 1 aromatic carbocycles. The second kappa shape index (κ2) is 7.22. The van der Waals surface area contributed by atoms with Gasteiger partial charge in [0.05, 0.1) is 0 Å². The lowest BCUT2D eigenvalue weighted by atomic mass is 10.2. The Morgan fingerprint density at radius 3 is 2.72 bits per heavy atom. The summed E-state index contributed by atoms with van der Waals surface area (Å²) in [5.74, 6) is 6.83. The highest BCUT2D eigenvalue weighted by molar-refractivity contribution is 7.09. The van der Waals surface area contributed by atoms with Crippen molar-refractivity contribution in [3.8, 4) is 17.7 Å². The van der Waals surface area contributed by atoms with Gasteiger partial charge in [-0.2, -0.15) is 0 Å². The third-order valence-electron chi connectivity index (χ3n) is 4.46. The summed E-state index contributed by atoms with van der Waals surface area (Å²) in [6.45, 7) is 1.75. The average molecular weight is 349 g/mol. The molecule has 1 fully saturated rings. The van der Waals surface area contributed by atoms with Gasteiger partial charge in [0.15, 0.2) is 5.69 Å². The van der Waals surface area contributed by atoms with Crippen LogP contribution in [0.3, 0.4) is 0 Å². The minimum Gasteiger partial charge on any atom is -0.474 e. The Morgan fingerprint density at radius 1 is 1.16 bits per heavy atom. The molecule has 3 heterocycles. The van der Waals surface area contributed by atoms with Crippen molar-refractivity contribution in [1.82, 2.24) is 14.9 Å². The first-order valence-corrected chi connectivity index (χ1v) is 9.38. The highest BCUT2D eigenvalue weighted by Gasteiger charge is 2.22. The predicted octanol–water partition coefficient (Wildman–Crippen LogP) is 3.56. The monoisotopic (exact) mass is 349 g/mol. The van der Waals surface area contributed by atoms with Crippen LogP contribution in [0.4, 0.5) is 0 Å². The molecule has 2 aromatic heterocycles. The van der Waals surface area contributed by atoms with Gasteiger partial charge in [0.25, 0.3) is 0 Å². The molecule has 1 aliphatic heterocycles. The van der Waals surface area contributed by atoms with E-state index in [9.17, 15) is 0 Å².